The van der Waals surface area contributed by atoms with Gasteiger partial charge in [-0.2, -0.15) is 0 Å². The van der Waals surface area contributed by atoms with Gasteiger partial charge in [0.2, 0.25) is 0 Å². The zero-order valence-corrected chi connectivity index (χ0v) is 8.69. The van der Waals surface area contributed by atoms with Gasteiger partial charge >= 0.3 is 0 Å². The van der Waals surface area contributed by atoms with E-state index < -0.39 is 5.82 Å². The lowest BCUT2D eigenvalue weighted by molar-refractivity contribution is 0.101. The van der Waals surface area contributed by atoms with Crippen molar-refractivity contribution in [3.8, 4) is 5.75 Å². The van der Waals surface area contributed by atoms with Crippen LogP contribution in [0.4, 0.5) is 4.39 Å². The summed E-state index contributed by atoms with van der Waals surface area (Å²) in [6, 6.07) is 2.61. The second-order valence-electron chi connectivity index (χ2n) is 2.81. The molecule has 0 amide bonds. The molecular formula is C10H10ClFO2. The largest absolute Gasteiger partial charge is 0.496 e. The molecule has 2 nitrogen and oxygen atoms in total. The number of carbonyl (C=O) groups excluding carboxylic acids is 1. The first kappa shape index (κ1) is 11.0. The number of rotatable bonds is 3. The molecule has 1 aromatic rings. The molecule has 76 valence electrons. The van der Waals surface area contributed by atoms with E-state index in [1.807, 2.05) is 0 Å². The molecular weight excluding hydrogens is 207 g/mol. The molecule has 0 spiro atoms. The van der Waals surface area contributed by atoms with Crippen molar-refractivity contribution in [2.75, 3.05) is 13.0 Å². The molecule has 0 saturated carbocycles. The summed E-state index contributed by atoms with van der Waals surface area (Å²) in [5.41, 5.74) is 0.643. The van der Waals surface area contributed by atoms with Crippen LogP contribution < -0.4 is 4.74 Å². The Balaban J connectivity index is 3.31. The minimum absolute atomic E-state index is 0.137. The Morgan fingerprint density at radius 1 is 1.57 bits per heavy atom. The second-order valence-corrected chi connectivity index (χ2v) is 3.08. The maximum atomic E-state index is 13.1. The quantitative estimate of drug-likeness (QED) is 0.574. The predicted octanol–water partition coefficient (Wildman–Crippen LogP) is 2.56. The normalized spacial score (nSPS) is 10.0. The van der Waals surface area contributed by atoms with Crippen molar-refractivity contribution in [3.63, 3.8) is 0 Å². The number of benzene rings is 1. The number of hydrogen-bond acceptors (Lipinski definition) is 2. The standard InChI is InChI=1S/C10H10ClFO2/c1-6-8(12)4-3-7(9(13)5-11)10(6)14-2/h3-4H,5H2,1-2H3. The predicted molar refractivity (Wildman–Crippen MR) is 52.7 cm³/mol. The van der Waals surface area contributed by atoms with Gasteiger partial charge in [-0.3, -0.25) is 4.79 Å². The zero-order valence-electron chi connectivity index (χ0n) is 7.93. The van der Waals surface area contributed by atoms with Crippen LogP contribution in [0.5, 0.6) is 5.75 Å². The monoisotopic (exact) mass is 216 g/mol. The molecule has 0 saturated heterocycles. The van der Waals surface area contributed by atoms with Crippen LogP contribution in [0.3, 0.4) is 0 Å². The smallest absolute Gasteiger partial charge is 0.181 e. The van der Waals surface area contributed by atoms with Gasteiger partial charge in [-0.15, -0.1) is 11.6 Å². The van der Waals surface area contributed by atoms with Gasteiger partial charge in [0.25, 0.3) is 0 Å². The van der Waals surface area contributed by atoms with Gasteiger partial charge < -0.3 is 4.74 Å². The Kier molecular flexibility index (Phi) is 3.47. The van der Waals surface area contributed by atoms with Crippen LogP contribution in [0.25, 0.3) is 0 Å². The Labute approximate surface area is 86.6 Å². The van der Waals surface area contributed by atoms with Crippen molar-refractivity contribution in [2.45, 2.75) is 6.92 Å². The number of methoxy groups -OCH3 is 1. The fourth-order valence-electron chi connectivity index (χ4n) is 1.22. The van der Waals surface area contributed by atoms with Crippen molar-refractivity contribution >= 4 is 17.4 Å². The van der Waals surface area contributed by atoms with Crippen LogP contribution in [0, 0.1) is 12.7 Å². The van der Waals surface area contributed by atoms with Crippen molar-refractivity contribution in [2.24, 2.45) is 0 Å². The molecule has 0 bridgehead atoms. The number of ether oxygens (including phenoxy) is 1. The summed E-state index contributed by atoms with van der Waals surface area (Å²) in [6.45, 7) is 1.55. The first-order valence-electron chi connectivity index (χ1n) is 4.04. The van der Waals surface area contributed by atoms with Gasteiger partial charge in [-0.1, -0.05) is 0 Å². The molecule has 1 aromatic carbocycles. The summed E-state index contributed by atoms with van der Waals surface area (Å²) in [7, 11) is 1.40. The minimum Gasteiger partial charge on any atom is -0.496 e. The van der Waals surface area contributed by atoms with Crippen LogP contribution in [0.1, 0.15) is 15.9 Å². The topological polar surface area (TPSA) is 26.3 Å². The summed E-state index contributed by atoms with van der Waals surface area (Å²) in [6.07, 6.45) is 0. The number of alkyl halides is 1. The molecule has 14 heavy (non-hydrogen) atoms. The maximum Gasteiger partial charge on any atom is 0.181 e. The van der Waals surface area contributed by atoms with E-state index >= 15 is 0 Å². The van der Waals surface area contributed by atoms with Crippen molar-refractivity contribution in [1.29, 1.82) is 0 Å². The Morgan fingerprint density at radius 2 is 2.21 bits per heavy atom. The Bertz CT molecular complexity index is 363. The first-order chi connectivity index (χ1) is 6.61. The number of ketones is 1. The molecule has 0 unspecified atom stereocenters. The van der Waals surface area contributed by atoms with Crippen molar-refractivity contribution in [1.82, 2.24) is 0 Å². The molecule has 0 aliphatic rings. The maximum absolute atomic E-state index is 13.1. The van der Waals surface area contributed by atoms with E-state index in [-0.39, 0.29) is 17.4 Å². The zero-order chi connectivity index (χ0) is 10.7. The summed E-state index contributed by atoms with van der Waals surface area (Å²) >= 11 is 5.41. The van der Waals surface area contributed by atoms with Gasteiger partial charge in [0.15, 0.2) is 5.78 Å². The van der Waals surface area contributed by atoms with Crippen molar-refractivity contribution in [3.05, 3.63) is 29.1 Å². The average Bonchev–Trinajstić information content (AvgIpc) is 2.20. The SMILES string of the molecule is COc1c(C(=O)CCl)ccc(F)c1C. The van der Waals surface area contributed by atoms with Crippen LogP contribution in [-0.2, 0) is 0 Å². The summed E-state index contributed by atoms with van der Waals surface area (Å²) in [5, 5.41) is 0. The van der Waals surface area contributed by atoms with Gasteiger partial charge in [0, 0.05) is 5.56 Å². The summed E-state index contributed by atoms with van der Waals surface area (Å²) in [4.78, 5) is 11.3. The lowest BCUT2D eigenvalue weighted by Crippen LogP contribution is -2.05. The average molecular weight is 217 g/mol. The third-order valence-corrected chi connectivity index (χ3v) is 2.21. The lowest BCUT2D eigenvalue weighted by Gasteiger charge is -2.09. The number of carbonyl (C=O) groups is 1. The number of halogens is 2. The number of hydrogen-bond donors (Lipinski definition) is 0. The molecule has 4 heteroatoms. The highest BCUT2D eigenvalue weighted by molar-refractivity contribution is 6.30. The molecule has 0 aromatic heterocycles. The molecule has 0 atom stereocenters. The van der Waals surface area contributed by atoms with Crippen LogP contribution >= 0.6 is 11.6 Å². The lowest BCUT2D eigenvalue weighted by atomic mass is 10.1. The van der Waals surface area contributed by atoms with E-state index in [1.165, 1.54) is 19.2 Å². The van der Waals surface area contributed by atoms with Crippen LogP contribution in [0.15, 0.2) is 12.1 Å². The molecule has 0 aliphatic heterocycles. The third kappa shape index (κ3) is 1.87. The van der Waals surface area contributed by atoms with Gasteiger partial charge in [0.05, 0.1) is 18.6 Å². The Morgan fingerprint density at radius 3 is 2.71 bits per heavy atom. The van der Waals surface area contributed by atoms with E-state index in [4.69, 9.17) is 16.3 Å². The molecule has 0 N–H and O–H groups in total. The van der Waals surface area contributed by atoms with E-state index in [9.17, 15) is 9.18 Å². The highest BCUT2D eigenvalue weighted by Crippen LogP contribution is 2.26. The van der Waals surface area contributed by atoms with E-state index in [0.29, 0.717) is 11.1 Å². The molecule has 0 radical (unpaired) electrons. The van der Waals surface area contributed by atoms with E-state index in [2.05, 4.69) is 0 Å². The molecule has 1 rings (SSSR count). The highest BCUT2D eigenvalue weighted by atomic mass is 35.5. The molecule has 0 heterocycles. The fraction of sp³-hybridized carbons (Fsp3) is 0.300. The molecule has 0 fully saturated rings. The van der Waals surface area contributed by atoms with E-state index in [1.54, 1.807) is 6.92 Å². The van der Waals surface area contributed by atoms with Crippen molar-refractivity contribution < 1.29 is 13.9 Å². The fourth-order valence-corrected chi connectivity index (χ4v) is 1.37. The Hall–Kier alpha value is -1.09. The van der Waals surface area contributed by atoms with E-state index in [0.717, 1.165) is 0 Å². The first-order valence-corrected chi connectivity index (χ1v) is 4.57. The summed E-state index contributed by atoms with van der Waals surface area (Å²) in [5.74, 6) is -0.545. The van der Waals surface area contributed by atoms with Crippen LogP contribution in [0.2, 0.25) is 0 Å². The summed E-state index contributed by atoms with van der Waals surface area (Å²) < 4.78 is 18.0. The molecule has 0 aliphatic carbocycles. The minimum atomic E-state index is -0.395. The highest BCUT2D eigenvalue weighted by Gasteiger charge is 2.15. The second kappa shape index (κ2) is 4.42. The van der Waals surface area contributed by atoms with Crippen LogP contribution in [-0.4, -0.2) is 18.8 Å². The number of Topliss-reactive ketones (excluding diaryl/α,β-unsaturated/α-hetero) is 1. The third-order valence-electron chi connectivity index (χ3n) is 1.97. The van der Waals surface area contributed by atoms with Gasteiger partial charge in [0.1, 0.15) is 11.6 Å². The van der Waals surface area contributed by atoms with Gasteiger partial charge in [-0.25, -0.2) is 4.39 Å². The van der Waals surface area contributed by atoms with Gasteiger partial charge in [-0.05, 0) is 19.1 Å².